The second-order valence-electron chi connectivity index (χ2n) is 4.48. The second kappa shape index (κ2) is 7.69. The maximum absolute atomic E-state index is 11.1. The van der Waals surface area contributed by atoms with Crippen LogP contribution in [-0.4, -0.2) is 51.2 Å². The van der Waals surface area contributed by atoms with E-state index in [0.717, 1.165) is 0 Å². The first-order chi connectivity index (χ1) is 9.69. The van der Waals surface area contributed by atoms with E-state index >= 15 is 0 Å². The van der Waals surface area contributed by atoms with Crippen LogP contribution in [0.2, 0.25) is 0 Å². The maximum Gasteiger partial charge on any atom is 0.469 e. The molecular formula is C11H19N2O7P. The zero-order chi connectivity index (χ0) is 16.0. The molecule has 120 valence electrons. The van der Waals surface area contributed by atoms with E-state index in [1.165, 1.54) is 18.0 Å². The Kier molecular flexibility index (Phi) is 6.53. The van der Waals surface area contributed by atoms with Crippen molar-refractivity contribution < 1.29 is 33.5 Å². The molecule has 0 fully saturated rings. The Balaban J connectivity index is 2.53. The highest BCUT2D eigenvalue weighted by Crippen LogP contribution is 2.36. The smallest absolute Gasteiger partial charge is 0.391 e. The summed E-state index contributed by atoms with van der Waals surface area (Å²) in [6.07, 6.45) is 3.38. The molecular weight excluding hydrogens is 303 g/mol. The Labute approximate surface area is 121 Å². The summed E-state index contributed by atoms with van der Waals surface area (Å²) in [6.45, 7) is 0.906. The molecule has 2 atom stereocenters. The average molecular weight is 322 g/mol. The van der Waals surface area contributed by atoms with Crippen LogP contribution in [-0.2, 0) is 18.6 Å². The van der Waals surface area contributed by atoms with Crippen LogP contribution < -0.4 is 5.73 Å². The molecule has 5 N–H and O–H groups in total. The fourth-order valence-corrected chi connectivity index (χ4v) is 1.88. The average Bonchev–Trinajstić information content (AvgIpc) is 2.37. The van der Waals surface area contributed by atoms with Crippen molar-refractivity contribution in [3.63, 3.8) is 0 Å². The van der Waals surface area contributed by atoms with E-state index in [2.05, 4.69) is 4.52 Å². The number of nitrogens with zero attached hydrogens (tertiary/aromatic N) is 1. The normalized spacial score (nSPS) is 18.3. The largest absolute Gasteiger partial charge is 0.469 e. The number of aliphatic hydroxyl groups is 1. The molecule has 0 spiro atoms. The lowest BCUT2D eigenvalue weighted by atomic mass is 10.1. The number of carbonyl (C=O) groups is 1. The summed E-state index contributed by atoms with van der Waals surface area (Å²) in [7, 11) is -4.63. The second-order valence-corrected chi connectivity index (χ2v) is 5.72. The molecule has 1 rings (SSSR count). The fourth-order valence-electron chi connectivity index (χ4n) is 1.53. The van der Waals surface area contributed by atoms with Crippen LogP contribution >= 0.6 is 7.82 Å². The summed E-state index contributed by atoms with van der Waals surface area (Å²) in [4.78, 5) is 29.8. The van der Waals surface area contributed by atoms with Crippen molar-refractivity contribution in [1.29, 1.82) is 0 Å². The number of rotatable bonds is 8. The molecule has 0 aromatic heterocycles. The summed E-state index contributed by atoms with van der Waals surface area (Å²) in [5.41, 5.74) is 5.58. The van der Waals surface area contributed by atoms with Gasteiger partial charge in [0.05, 0.1) is 12.7 Å². The van der Waals surface area contributed by atoms with Gasteiger partial charge in [-0.1, -0.05) is 6.08 Å². The van der Waals surface area contributed by atoms with Gasteiger partial charge >= 0.3 is 7.82 Å². The summed E-state index contributed by atoms with van der Waals surface area (Å²) in [6, 6.07) is 0. The molecule has 21 heavy (non-hydrogen) atoms. The van der Waals surface area contributed by atoms with Gasteiger partial charge in [-0.15, -0.1) is 0 Å². The Morgan fingerprint density at radius 1 is 1.57 bits per heavy atom. The lowest BCUT2D eigenvalue weighted by Gasteiger charge is -2.25. The number of phosphoric ester groups is 1. The van der Waals surface area contributed by atoms with Crippen LogP contribution in [0.4, 0.5) is 0 Å². The van der Waals surface area contributed by atoms with Gasteiger partial charge in [0.1, 0.15) is 12.8 Å². The first kappa shape index (κ1) is 17.8. The number of phosphoric acid groups is 1. The number of nitrogens with two attached hydrogens (primary N) is 1. The van der Waals surface area contributed by atoms with Crippen LogP contribution in [0.15, 0.2) is 24.0 Å². The molecule has 0 radical (unpaired) electrons. The molecule has 9 nitrogen and oxygen atoms in total. The van der Waals surface area contributed by atoms with E-state index in [4.69, 9.17) is 20.3 Å². The van der Waals surface area contributed by atoms with Gasteiger partial charge in [0.2, 0.25) is 5.91 Å². The minimum absolute atomic E-state index is 0.0344. The molecule has 1 aliphatic heterocycles. The number of hydrogen-bond acceptors (Lipinski definition) is 6. The highest BCUT2D eigenvalue weighted by Gasteiger charge is 2.23. The first-order valence-corrected chi connectivity index (χ1v) is 7.64. The predicted octanol–water partition coefficient (Wildman–Crippen LogP) is -0.592. The van der Waals surface area contributed by atoms with E-state index in [0.29, 0.717) is 12.0 Å². The summed E-state index contributed by atoms with van der Waals surface area (Å²) >= 11 is 0. The van der Waals surface area contributed by atoms with E-state index in [-0.39, 0.29) is 6.73 Å². The molecule has 0 saturated carbocycles. The Morgan fingerprint density at radius 3 is 2.76 bits per heavy atom. The van der Waals surface area contributed by atoms with Gasteiger partial charge < -0.3 is 30.3 Å². The third-order valence-corrected chi connectivity index (χ3v) is 3.14. The molecule has 10 heteroatoms. The molecule has 1 amide bonds. The molecule has 0 aromatic rings. The molecule has 0 saturated heterocycles. The number of amides is 1. The van der Waals surface area contributed by atoms with Crippen molar-refractivity contribution in [3.8, 4) is 0 Å². The lowest BCUT2D eigenvalue weighted by Crippen LogP contribution is -2.34. The first-order valence-electron chi connectivity index (χ1n) is 6.11. The number of allylic oxidation sites excluding steroid dienone is 1. The van der Waals surface area contributed by atoms with E-state index in [1.54, 1.807) is 12.3 Å². The van der Waals surface area contributed by atoms with Crippen LogP contribution in [0.5, 0.6) is 0 Å². The predicted molar refractivity (Wildman–Crippen MR) is 72.3 cm³/mol. The van der Waals surface area contributed by atoms with Crippen molar-refractivity contribution in [2.45, 2.75) is 25.6 Å². The monoisotopic (exact) mass is 322 g/mol. The van der Waals surface area contributed by atoms with Gasteiger partial charge in [-0.05, 0) is 13.3 Å². The highest BCUT2D eigenvalue weighted by molar-refractivity contribution is 7.46. The van der Waals surface area contributed by atoms with Gasteiger partial charge in [-0.2, -0.15) is 0 Å². The number of primary amides is 1. The number of ether oxygens (including phenoxy) is 1. The van der Waals surface area contributed by atoms with Gasteiger partial charge in [-0.3, -0.25) is 9.32 Å². The third-order valence-electron chi connectivity index (χ3n) is 2.66. The van der Waals surface area contributed by atoms with Gasteiger partial charge in [0.25, 0.3) is 0 Å². The van der Waals surface area contributed by atoms with Crippen molar-refractivity contribution in [1.82, 2.24) is 4.90 Å². The highest BCUT2D eigenvalue weighted by atomic mass is 31.2. The van der Waals surface area contributed by atoms with E-state index in [9.17, 15) is 14.5 Å². The topological polar surface area (TPSA) is 143 Å². The van der Waals surface area contributed by atoms with Crippen LogP contribution in [0.1, 0.15) is 13.3 Å². The molecule has 0 aliphatic carbocycles. The fraction of sp³-hybridized carbons (Fsp3) is 0.545. The van der Waals surface area contributed by atoms with Gasteiger partial charge in [0, 0.05) is 18.0 Å². The summed E-state index contributed by atoms with van der Waals surface area (Å²) in [5, 5.41) is 9.49. The molecule has 0 bridgehead atoms. The molecule has 1 heterocycles. The zero-order valence-electron chi connectivity index (χ0n) is 11.5. The van der Waals surface area contributed by atoms with Crippen molar-refractivity contribution in [3.05, 3.63) is 24.0 Å². The quantitative estimate of drug-likeness (QED) is 0.434. The van der Waals surface area contributed by atoms with Crippen molar-refractivity contribution in [2.24, 2.45) is 5.73 Å². The van der Waals surface area contributed by atoms with E-state index in [1.807, 2.05) is 0 Å². The Morgan fingerprint density at radius 2 is 2.24 bits per heavy atom. The zero-order valence-corrected chi connectivity index (χ0v) is 12.3. The summed E-state index contributed by atoms with van der Waals surface area (Å²) < 4.78 is 20.3. The van der Waals surface area contributed by atoms with Crippen LogP contribution in [0.3, 0.4) is 0 Å². The van der Waals surface area contributed by atoms with Crippen LogP contribution in [0, 0.1) is 0 Å². The number of hydrogen-bond donors (Lipinski definition) is 4. The standard InChI is InChI=1S/C11H19N2O7P/c1-8(14)10(6-20-21(16,17)18)19-7-13-4-2-3-9(5-13)11(12)15/h2,4-5,8,10,14H,3,6-7H2,1H3,(H2,12,15)(H2,16,17,18)/t8-,10+/m0/s1. The third kappa shape index (κ3) is 6.85. The minimum atomic E-state index is -4.63. The Hall–Kier alpha value is -1.22. The lowest BCUT2D eigenvalue weighted by molar-refractivity contribution is -0.114. The SMILES string of the molecule is C[C@H](O)[C@@H](COP(=O)(O)O)OCN1C=CCC(C(N)=O)=C1. The van der Waals surface area contributed by atoms with Crippen molar-refractivity contribution in [2.75, 3.05) is 13.3 Å². The molecule has 0 unspecified atom stereocenters. The van der Waals surface area contributed by atoms with Gasteiger partial charge in [0.15, 0.2) is 0 Å². The van der Waals surface area contributed by atoms with Crippen molar-refractivity contribution >= 4 is 13.7 Å². The molecule has 0 aromatic carbocycles. The minimum Gasteiger partial charge on any atom is -0.391 e. The molecule has 1 aliphatic rings. The Bertz CT molecular complexity index is 471. The summed E-state index contributed by atoms with van der Waals surface area (Å²) in [5.74, 6) is -0.541. The van der Waals surface area contributed by atoms with E-state index < -0.39 is 32.5 Å². The number of carbonyl (C=O) groups excluding carboxylic acids is 1. The maximum atomic E-state index is 11.1. The number of aliphatic hydroxyl groups excluding tert-OH is 1. The van der Waals surface area contributed by atoms with Crippen LogP contribution in [0.25, 0.3) is 0 Å². The van der Waals surface area contributed by atoms with Gasteiger partial charge in [-0.25, -0.2) is 4.57 Å².